The van der Waals surface area contributed by atoms with Crippen molar-refractivity contribution in [2.24, 2.45) is 0 Å². The normalized spacial score (nSPS) is 10.6. The maximum absolute atomic E-state index is 13.7. The maximum Gasteiger partial charge on any atom is 0.335 e. The summed E-state index contributed by atoms with van der Waals surface area (Å²) in [5.41, 5.74) is 0.0962. The summed E-state index contributed by atoms with van der Waals surface area (Å²) < 4.78 is 18.5. The predicted octanol–water partition coefficient (Wildman–Crippen LogP) is 1.53. The molecule has 0 aliphatic carbocycles. The van der Waals surface area contributed by atoms with E-state index in [0.29, 0.717) is 19.1 Å². The smallest absolute Gasteiger partial charge is 0.335 e. The van der Waals surface area contributed by atoms with E-state index < -0.39 is 11.8 Å². The predicted molar refractivity (Wildman–Crippen MR) is 66.8 cm³/mol. The van der Waals surface area contributed by atoms with E-state index in [1.807, 2.05) is 0 Å². The SMILES string of the molecule is COCCNc1ncc2c(F)cc(C(=O)O)cc2n1. The molecule has 1 aromatic heterocycles. The first-order valence-electron chi connectivity index (χ1n) is 5.54. The van der Waals surface area contributed by atoms with Crippen LogP contribution in [0.5, 0.6) is 0 Å². The number of ether oxygens (including phenoxy) is 1. The minimum atomic E-state index is -1.20. The molecule has 0 amide bonds. The molecule has 6 nitrogen and oxygen atoms in total. The average Bonchev–Trinajstić information content (AvgIpc) is 2.38. The van der Waals surface area contributed by atoms with Crippen molar-refractivity contribution in [3.05, 3.63) is 29.7 Å². The van der Waals surface area contributed by atoms with Gasteiger partial charge in [-0.1, -0.05) is 0 Å². The Kier molecular flexibility index (Phi) is 3.86. The third-order valence-electron chi connectivity index (χ3n) is 2.49. The van der Waals surface area contributed by atoms with Crippen molar-refractivity contribution in [1.82, 2.24) is 9.97 Å². The number of hydrogen-bond donors (Lipinski definition) is 2. The molecule has 100 valence electrons. The van der Waals surface area contributed by atoms with Crippen molar-refractivity contribution in [2.75, 3.05) is 25.6 Å². The molecule has 1 aromatic carbocycles. The summed E-state index contributed by atoms with van der Waals surface area (Å²) in [6.07, 6.45) is 1.32. The van der Waals surface area contributed by atoms with Gasteiger partial charge in [0.15, 0.2) is 0 Å². The van der Waals surface area contributed by atoms with Gasteiger partial charge in [-0.15, -0.1) is 0 Å². The summed E-state index contributed by atoms with van der Waals surface area (Å²) in [6.45, 7) is 0.980. The number of nitrogens with one attached hydrogen (secondary N) is 1. The van der Waals surface area contributed by atoms with E-state index in [1.54, 1.807) is 7.11 Å². The van der Waals surface area contributed by atoms with Gasteiger partial charge < -0.3 is 15.2 Å². The molecule has 2 aromatic rings. The summed E-state index contributed by atoms with van der Waals surface area (Å²) in [7, 11) is 1.57. The molecule has 1 heterocycles. The number of halogens is 1. The van der Waals surface area contributed by atoms with E-state index >= 15 is 0 Å². The van der Waals surface area contributed by atoms with Crippen LogP contribution in [0.1, 0.15) is 10.4 Å². The van der Waals surface area contributed by atoms with Crippen LogP contribution in [0.3, 0.4) is 0 Å². The molecule has 2 rings (SSSR count). The van der Waals surface area contributed by atoms with Crippen LogP contribution in [0.4, 0.5) is 10.3 Å². The molecular weight excluding hydrogens is 253 g/mol. The number of carbonyl (C=O) groups is 1. The molecular formula is C12H12FN3O3. The standard InChI is InChI=1S/C12H12FN3O3/c1-19-3-2-14-12-15-6-8-9(13)4-7(11(17)18)5-10(8)16-12/h4-6H,2-3H2,1H3,(H,17,18)(H,14,15,16). The lowest BCUT2D eigenvalue weighted by Crippen LogP contribution is -2.10. The molecule has 0 saturated carbocycles. The van der Waals surface area contributed by atoms with Crippen LogP contribution in [0, 0.1) is 5.82 Å². The summed E-state index contributed by atoms with van der Waals surface area (Å²) in [5, 5.41) is 11.9. The molecule has 0 aliphatic rings. The number of methoxy groups -OCH3 is 1. The number of benzene rings is 1. The second-order valence-electron chi connectivity index (χ2n) is 3.81. The largest absolute Gasteiger partial charge is 0.478 e. The Morgan fingerprint density at radius 2 is 2.32 bits per heavy atom. The molecule has 0 atom stereocenters. The second-order valence-corrected chi connectivity index (χ2v) is 3.81. The average molecular weight is 265 g/mol. The highest BCUT2D eigenvalue weighted by molar-refractivity contribution is 5.93. The van der Waals surface area contributed by atoms with Crippen LogP contribution in [0.15, 0.2) is 18.3 Å². The fraction of sp³-hybridized carbons (Fsp3) is 0.250. The van der Waals surface area contributed by atoms with E-state index in [9.17, 15) is 9.18 Å². The van der Waals surface area contributed by atoms with Gasteiger partial charge in [-0.25, -0.2) is 19.2 Å². The lowest BCUT2D eigenvalue weighted by Gasteiger charge is -2.06. The zero-order valence-electron chi connectivity index (χ0n) is 10.2. The lowest BCUT2D eigenvalue weighted by molar-refractivity contribution is 0.0696. The van der Waals surface area contributed by atoms with E-state index in [4.69, 9.17) is 9.84 Å². The fourth-order valence-corrected chi connectivity index (χ4v) is 1.57. The zero-order chi connectivity index (χ0) is 13.8. The number of fused-ring (bicyclic) bond motifs is 1. The number of aromatic nitrogens is 2. The first kappa shape index (κ1) is 13.2. The van der Waals surface area contributed by atoms with E-state index in [0.717, 1.165) is 6.07 Å². The van der Waals surface area contributed by atoms with Crippen LogP contribution < -0.4 is 5.32 Å². The number of carboxylic acid groups (broad SMARTS) is 1. The monoisotopic (exact) mass is 265 g/mol. The molecule has 0 unspecified atom stereocenters. The van der Waals surface area contributed by atoms with Gasteiger partial charge in [0.05, 0.1) is 23.1 Å². The molecule has 7 heteroatoms. The highest BCUT2D eigenvalue weighted by Crippen LogP contribution is 2.19. The van der Waals surface area contributed by atoms with Crippen molar-refractivity contribution in [1.29, 1.82) is 0 Å². The van der Waals surface area contributed by atoms with Crippen molar-refractivity contribution in [2.45, 2.75) is 0 Å². The minimum Gasteiger partial charge on any atom is -0.478 e. The van der Waals surface area contributed by atoms with Crippen LogP contribution in [-0.4, -0.2) is 41.3 Å². The molecule has 0 radical (unpaired) electrons. The minimum absolute atomic E-state index is 0.147. The first-order valence-corrected chi connectivity index (χ1v) is 5.54. The van der Waals surface area contributed by atoms with E-state index in [-0.39, 0.29) is 16.5 Å². The van der Waals surface area contributed by atoms with Crippen molar-refractivity contribution < 1.29 is 19.0 Å². The van der Waals surface area contributed by atoms with Crippen molar-refractivity contribution in [3.63, 3.8) is 0 Å². The maximum atomic E-state index is 13.7. The molecule has 0 saturated heterocycles. The Balaban J connectivity index is 2.37. The second kappa shape index (κ2) is 5.57. The number of nitrogens with zero attached hydrogens (tertiary/aromatic N) is 2. The zero-order valence-corrected chi connectivity index (χ0v) is 10.2. The van der Waals surface area contributed by atoms with Gasteiger partial charge in [-0.05, 0) is 12.1 Å². The third-order valence-corrected chi connectivity index (χ3v) is 2.49. The first-order chi connectivity index (χ1) is 9.11. The fourth-order valence-electron chi connectivity index (χ4n) is 1.57. The van der Waals surface area contributed by atoms with Gasteiger partial charge in [0.1, 0.15) is 5.82 Å². The Morgan fingerprint density at radius 3 is 3.00 bits per heavy atom. The number of anilines is 1. The van der Waals surface area contributed by atoms with Crippen LogP contribution in [0.25, 0.3) is 10.9 Å². The summed E-state index contributed by atoms with van der Waals surface area (Å²) in [6, 6.07) is 2.26. The van der Waals surface area contributed by atoms with E-state index in [1.165, 1.54) is 12.3 Å². The topological polar surface area (TPSA) is 84.3 Å². The number of hydrogen-bond acceptors (Lipinski definition) is 5. The highest BCUT2D eigenvalue weighted by atomic mass is 19.1. The summed E-state index contributed by atoms with van der Waals surface area (Å²) in [5.74, 6) is -1.56. The van der Waals surface area contributed by atoms with Crippen LogP contribution in [-0.2, 0) is 4.74 Å². The Labute approximate surface area is 108 Å². The highest BCUT2D eigenvalue weighted by Gasteiger charge is 2.11. The van der Waals surface area contributed by atoms with Gasteiger partial charge in [0, 0.05) is 19.9 Å². The number of rotatable bonds is 5. The summed E-state index contributed by atoms with van der Waals surface area (Å²) >= 11 is 0. The molecule has 0 aliphatic heterocycles. The molecule has 0 spiro atoms. The van der Waals surface area contributed by atoms with Crippen molar-refractivity contribution in [3.8, 4) is 0 Å². The number of carboxylic acids is 1. The lowest BCUT2D eigenvalue weighted by atomic mass is 10.1. The number of aromatic carboxylic acids is 1. The van der Waals surface area contributed by atoms with Gasteiger partial charge >= 0.3 is 5.97 Å². The Bertz CT molecular complexity index is 618. The quantitative estimate of drug-likeness (QED) is 0.797. The van der Waals surface area contributed by atoms with Crippen LogP contribution in [0.2, 0.25) is 0 Å². The van der Waals surface area contributed by atoms with Gasteiger partial charge in [-0.2, -0.15) is 0 Å². The molecule has 0 bridgehead atoms. The van der Waals surface area contributed by atoms with E-state index in [2.05, 4.69) is 15.3 Å². The Morgan fingerprint density at radius 1 is 1.53 bits per heavy atom. The third kappa shape index (κ3) is 2.94. The summed E-state index contributed by atoms with van der Waals surface area (Å²) in [4.78, 5) is 18.9. The van der Waals surface area contributed by atoms with Gasteiger partial charge in [-0.3, -0.25) is 0 Å². The van der Waals surface area contributed by atoms with Gasteiger partial charge in [0.25, 0.3) is 0 Å². The molecule has 19 heavy (non-hydrogen) atoms. The van der Waals surface area contributed by atoms with Crippen LogP contribution >= 0.6 is 0 Å². The van der Waals surface area contributed by atoms with Gasteiger partial charge in [0.2, 0.25) is 5.95 Å². The molecule has 2 N–H and O–H groups in total. The van der Waals surface area contributed by atoms with Crippen molar-refractivity contribution >= 4 is 22.8 Å². The molecule has 0 fully saturated rings. The Hall–Kier alpha value is -2.28.